The number of benzene rings is 3. The van der Waals surface area contributed by atoms with Gasteiger partial charge in [-0.1, -0.05) is 36.4 Å². The molecule has 4 rings (SSSR count). The summed E-state index contributed by atoms with van der Waals surface area (Å²) in [6.45, 7) is 5.74. The van der Waals surface area contributed by atoms with Crippen LogP contribution in [0.5, 0.6) is 11.5 Å². The first-order chi connectivity index (χ1) is 17.1. The summed E-state index contributed by atoms with van der Waals surface area (Å²) in [5.74, 6) is -2.88. The van der Waals surface area contributed by atoms with Gasteiger partial charge in [0.05, 0.1) is 0 Å². The van der Waals surface area contributed by atoms with Crippen LogP contribution >= 0.6 is 0 Å². The van der Waals surface area contributed by atoms with Crippen LogP contribution in [0.25, 0.3) is 0 Å². The molecule has 0 fully saturated rings. The number of halogens is 2. The topological polar surface area (TPSA) is 94.2 Å². The van der Waals surface area contributed by atoms with E-state index in [-0.39, 0.29) is 18.3 Å². The summed E-state index contributed by atoms with van der Waals surface area (Å²) in [6, 6.07) is 15.2. The minimum absolute atomic E-state index is 0.0655. The molecule has 3 aromatic rings. The number of amides is 1. The smallest absolute Gasteiger partial charge is 0.410 e. The summed E-state index contributed by atoms with van der Waals surface area (Å²) >= 11 is 0. The third-order valence-corrected chi connectivity index (χ3v) is 5.88. The van der Waals surface area contributed by atoms with Gasteiger partial charge in [0.25, 0.3) is 0 Å². The summed E-state index contributed by atoms with van der Waals surface area (Å²) in [5, 5.41) is 2.51. The predicted octanol–water partition coefficient (Wildman–Crippen LogP) is 6.64. The van der Waals surface area contributed by atoms with E-state index in [1.54, 1.807) is 17.0 Å². The second kappa shape index (κ2) is 9.93. The van der Waals surface area contributed by atoms with E-state index in [4.69, 9.17) is 15.2 Å². The van der Waals surface area contributed by atoms with E-state index in [1.807, 2.05) is 32.9 Å². The van der Waals surface area contributed by atoms with Crippen molar-refractivity contribution in [2.45, 2.75) is 51.8 Å². The fourth-order valence-corrected chi connectivity index (χ4v) is 4.17. The third kappa shape index (κ3) is 5.45. The lowest BCUT2D eigenvalue weighted by Gasteiger charge is -2.31. The van der Waals surface area contributed by atoms with Crippen LogP contribution < -0.4 is 10.5 Å². The molecule has 1 aliphatic rings. The zero-order valence-corrected chi connectivity index (χ0v) is 20.3. The Bertz CT molecular complexity index is 1260. The van der Waals surface area contributed by atoms with Gasteiger partial charge in [0.15, 0.2) is 11.6 Å². The molecule has 0 aliphatic heterocycles. The highest BCUT2D eigenvalue weighted by atomic mass is 19.1. The van der Waals surface area contributed by atoms with Crippen molar-refractivity contribution in [1.82, 2.24) is 4.90 Å². The Morgan fingerprint density at radius 2 is 1.69 bits per heavy atom. The van der Waals surface area contributed by atoms with Crippen molar-refractivity contribution >= 4 is 17.5 Å². The normalized spacial score (nSPS) is 13.2. The number of hydrogen-bond acceptors (Lipinski definition) is 6. The van der Waals surface area contributed by atoms with Crippen molar-refractivity contribution in [2.24, 2.45) is 5.18 Å². The molecule has 3 aromatic carbocycles. The third-order valence-electron chi connectivity index (χ3n) is 5.88. The summed E-state index contributed by atoms with van der Waals surface area (Å²) in [6.07, 6.45) is 1.04. The van der Waals surface area contributed by atoms with E-state index >= 15 is 0 Å². The number of carbonyl (C=O) groups excluding carboxylic acids is 1. The number of nitrogens with two attached hydrogens (primary N) is 1. The van der Waals surface area contributed by atoms with Crippen molar-refractivity contribution < 1.29 is 23.0 Å². The van der Waals surface area contributed by atoms with Gasteiger partial charge in [-0.3, -0.25) is 0 Å². The predicted molar refractivity (Wildman–Crippen MR) is 132 cm³/mol. The number of nitroso groups, excluding NO2 is 1. The SMILES string of the molecule is CC(C)(C)OC(=O)N(Cc1ccc(Oc2c(F)cc(N=O)c(N)c2F)cc1)C1Cc2ccccc2C1. The van der Waals surface area contributed by atoms with Crippen molar-refractivity contribution in [1.29, 1.82) is 0 Å². The minimum Gasteiger partial charge on any atom is -0.451 e. The lowest BCUT2D eigenvalue weighted by molar-refractivity contribution is 0.0148. The number of ether oxygens (including phenoxy) is 2. The molecule has 1 aliphatic carbocycles. The minimum atomic E-state index is -1.20. The molecular formula is C27H27F2N3O4. The number of nitrogens with zero attached hydrogens (tertiary/aromatic N) is 2. The number of carbonyl (C=O) groups is 1. The highest BCUT2D eigenvalue weighted by Gasteiger charge is 2.32. The van der Waals surface area contributed by atoms with Gasteiger partial charge in [0.2, 0.25) is 5.75 Å². The van der Waals surface area contributed by atoms with Gasteiger partial charge in [0.1, 0.15) is 22.7 Å². The van der Waals surface area contributed by atoms with E-state index in [0.29, 0.717) is 6.07 Å². The fourth-order valence-electron chi connectivity index (χ4n) is 4.17. The zero-order chi connectivity index (χ0) is 26.0. The number of rotatable bonds is 6. The first-order valence-electron chi connectivity index (χ1n) is 11.5. The molecular weight excluding hydrogens is 468 g/mol. The van der Waals surface area contributed by atoms with Crippen molar-refractivity contribution in [3.63, 3.8) is 0 Å². The van der Waals surface area contributed by atoms with Crippen LogP contribution in [0.3, 0.4) is 0 Å². The van der Waals surface area contributed by atoms with Crippen molar-refractivity contribution in [3.05, 3.63) is 87.8 Å². The standard InChI is InChI=1S/C27H27F2N3O4/c1-27(2,3)36-26(33)32(19-12-17-6-4-5-7-18(17)13-19)15-16-8-10-20(11-9-16)35-25-21(28)14-22(31-34)24(30)23(25)29/h4-11,14,19H,12-13,15,30H2,1-3H3. The molecule has 2 N–H and O–H groups in total. The molecule has 1 amide bonds. The molecule has 0 atom stereocenters. The monoisotopic (exact) mass is 495 g/mol. The van der Waals surface area contributed by atoms with Crippen LogP contribution in [0.15, 0.2) is 59.8 Å². The van der Waals surface area contributed by atoms with Crippen LogP contribution in [-0.2, 0) is 24.1 Å². The molecule has 0 radical (unpaired) electrons. The molecule has 0 spiro atoms. The first-order valence-corrected chi connectivity index (χ1v) is 11.5. The van der Waals surface area contributed by atoms with Gasteiger partial charge in [-0.15, -0.1) is 4.91 Å². The Kier molecular flexibility index (Phi) is 6.92. The van der Waals surface area contributed by atoms with Crippen LogP contribution in [0.1, 0.15) is 37.5 Å². The maximum absolute atomic E-state index is 14.4. The van der Waals surface area contributed by atoms with Crippen LogP contribution in [0.2, 0.25) is 0 Å². The number of anilines is 1. The molecule has 7 nitrogen and oxygen atoms in total. The van der Waals surface area contributed by atoms with E-state index in [2.05, 4.69) is 17.3 Å². The van der Waals surface area contributed by atoms with Gasteiger partial charge >= 0.3 is 6.09 Å². The zero-order valence-electron chi connectivity index (χ0n) is 20.3. The lowest BCUT2D eigenvalue weighted by Crippen LogP contribution is -2.43. The molecule has 0 saturated carbocycles. The molecule has 9 heteroatoms. The Morgan fingerprint density at radius 3 is 2.25 bits per heavy atom. The summed E-state index contributed by atoms with van der Waals surface area (Å²) in [4.78, 5) is 25.5. The second-order valence-electron chi connectivity index (χ2n) is 9.71. The molecule has 0 saturated heterocycles. The fraction of sp³-hybridized carbons (Fsp3) is 0.296. The molecule has 0 unspecified atom stereocenters. The Balaban J connectivity index is 1.53. The lowest BCUT2D eigenvalue weighted by atomic mass is 10.1. The largest absolute Gasteiger partial charge is 0.451 e. The van der Waals surface area contributed by atoms with E-state index in [0.717, 1.165) is 18.4 Å². The van der Waals surface area contributed by atoms with Crippen molar-refractivity contribution in [3.8, 4) is 11.5 Å². The number of nitrogen functional groups attached to an aromatic ring is 1. The highest BCUT2D eigenvalue weighted by molar-refractivity contribution is 5.69. The van der Waals surface area contributed by atoms with Gasteiger partial charge in [-0.05, 0) is 67.6 Å². The Labute approximate surface area is 207 Å². The molecule has 0 aromatic heterocycles. The van der Waals surface area contributed by atoms with Gasteiger partial charge < -0.3 is 20.1 Å². The molecule has 0 heterocycles. The average molecular weight is 496 g/mol. The maximum Gasteiger partial charge on any atom is 0.410 e. The van der Waals surface area contributed by atoms with E-state index in [1.165, 1.54) is 23.3 Å². The molecule has 36 heavy (non-hydrogen) atoms. The number of hydrogen-bond donors (Lipinski definition) is 1. The highest BCUT2D eigenvalue weighted by Crippen LogP contribution is 2.37. The van der Waals surface area contributed by atoms with Crippen LogP contribution in [0.4, 0.5) is 25.0 Å². The van der Waals surface area contributed by atoms with Crippen LogP contribution in [0, 0.1) is 16.5 Å². The number of fused-ring (bicyclic) bond motifs is 1. The quantitative estimate of drug-likeness (QED) is 0.306. The Hall–Kier alpha value is -4.01. The molecule has 188 valence electrons. The maximum atomic E-state index is 14.4. The summed E-state index contributed by atoms with van der Waals surface area (Å²) in [7, 11) is 0. The summed E-state index contributed by atoms with van der Waals surface area (Å²) < 4.78 is 39.7. The Morgan fingerprint density at radius 1 is 1.08 bits per heavy atom. The van der Waals surface area contributed by atoms with E-state index < -0.39 is 40.5 Å². The average Bonchev–Trinajstić information content (AvgIpc) is 3.26. The second-order valence-corrected chi connectivity index (χ2v) is 9.71. The van der Waals surface area contributed by atoms with Crippen LogP contribution in [-0.4, -0.2) is 22.6 Å². The first kappa shape index (κ1) is 25.1. The van der Waals surface area contributed by atoms with E-state index in [9.17, 15) is 18.5 Å². The summed E-state index contributed by atoms with van der Waals surface area (Å²) in [5.41, 5.74) is 6.91. The van der Waals surface area contributed by atoms with Gasteiger partial charge in [-0.25, -0.2) is 13.6 Å². The van der Waals surface area contributed by atoms with Gasteiger partial charge in [0, 0.05) is 18.7 Å². The van der Waals surface area contributed by atoms with Crippen molar-refractivity contribution in [2.75, 3.05) is 5.73 Å². The van der Waals surface area contributed by atoms with Gasteiger partial charge in [-0.2, -0.15) is 0 Å². The molecule has 0 bridgehead atoms.